The maximum atomic E-state index is 12.9. The summed E-state index contributed by atoms with van der Waals surface area (Å²) in [5, 5.41) is 39.1. The van der Waals surface area contributed by atoms with Gasteiger partial charge in [-0.2, -0.15) is 0 Å². The summed E-state index contributed by atoms with van der Waals surface area (Å²) in [6.07, 6.45) is -9.63. The molecule has 0 unspecified atom stereocenters. The minimum Gasteiger partial charge on any atom is -0.479 e. The van der Waals surface area contributed by atoms with Crippen LogP contribution in [0.1, 0.15) is 27.3 Å². The number of benzene rings is 1. The molecule has 0 spiro atoms. The minimum absolute atomic E-state index is 0.270. The summed E-state index contributed by atoms with van der Waals surface area (Å²) in [5.41, 5.74) is 1.81. The van der Waals surface area contributed by atoms with E-state index >= 15 is 0 Å². The maximum Gasteiger partial charge on any atom is 0.335 e. The van der Waals surface area contributed by atoms with Crippen LogP contribution in [0.3, 0.4) is 0 Å². The van der Waals surface area contributed by atoms with Crippen molar-refractivity contribution < 1.29 is 44.3 Å². The van der Waals surface area contributed by atoms with E-state index in [0.29, 0.717) is 27.5 Å². The van der Waals surface area contributed by atoms with E-state index in [4.69, 9.17) is 26.2 Å². The van der Waals surface area contributed by atoms with Crippen molar-refractivity contribution in [3.8, 4) is 0 Å². The minimum atomic E-state index is -1.89. The summed E-state index contributed by atoms with van der Waals surface area (Å²) in [6.45, 7) is 1.71. The van der Waals surface area contributed by atoms with Gasteiger partial charge in [0.2, 0.25) is 12.1 Å². The molecule has 0 radical (unpaired) electrons. The topological polar surface area (TPSA) is 156 Å². The molecule has 1 aliphatic heterocycles. The van der Waals surface area contributed by atoms with Gasteiger partial charge in [0.1, 0.15) is 18.3 Å². The Morgan fingerprint density at radius 3 is 2.31 bits per heavy atom. The summed E-state index contributed by atoms with van der Waals surface area (Å²) < 4.78 is 11.5. The highest BCUT2D eigenvalue weighted by molar-refractivity contribution is 6.30. The molecule has 11 heteroatoms. The second-order valence-electron chi connectivity index (χ2n) is 7.46. The number of aliphatic carboxylic acids is 1. The Hall–Kier alpha value is -2.76. The first-order valence-corrected chi connectivity index (χ1v) is 9.96. The number of carboxylic acids is 1. The number of nitrogens with zero attached hydrogens (tertiary/aromatic N) is 1. The van der Waals surface area contributed by atoms with E-state index in [-0.39, 0.29) is 12.2 Å². The van der Waals surface area contributed by atoms with E-state index in [2.05, 4.69) is 0 Å². The van der Waals surface area contributed by atoms with E-state index in [1.54, 1.807) is 44.3 Å². The zero-order valence-electron chi connectivity index (χ0n) is 17.1. The summed E-state index contributed by atoms with van der Waals surface area (Å²) >= 11 is 5.86. The van der Waals surface area contributed by atoms with Gasteiger partial charge in [-0.05, 0) is 42.8 Å². The number of aryl methyl sites for hydroxylation is 1. The summed E-state index contributed by atoms with van der Waals surface area (Å²) in [4.78, 5) is 36.5. The molecule has 1 saturated heterocycles. The Morgan fingerprint density at radius 2 is 1.72 bits per heavy atom. The lowest BCUT2D eigenvalue weighted by molar-refractivity contribution is -0.286. The molecule has 1 aromatic heterocycles. The standard InChI is InChI=1S/C21H22ClNO9/c1-9-7-12(23(2)14(9)15(25)10-3-5-11(22)6-4-10)8-13(24)31-21-18(28)16(26)17(27)19(32-21)20(29)30/h3-7,16-19,21,26-28H,8H2,1-2H3,(H,29,30)/t16-,17-,18-,19-,21+/m0/s1. The Kier molecular flexibility index (Phi) is 7.01. The van der Waals surface area contributed by atoms with E-state index in [9.17, 15) is 29.7 Å². The van der Waals surface area contributed by atoms with Crippen molar-refractivity contribution >= 4 is 29.3 Å². The maximum absolute atomic E-state index is 12.9. The summed E-state index contributed by atoms with van der Waals surface area (Å²) in [5.74, 6) is -2.76. The number of hydrogen-bond donors (Lipinski definition) is 4. The van der Waals surface area contributed by atoms with Crippen molar-refractivity contribution in [3.05, 3.63) is 57.9 Å². The second-order valence-corrected chi connectivity index (χ2v) is 7.90. The molecule has 0 aliphatic carbocycles. The number of hydrogen-bond acceptors (Lipinski definition) is 8. The van der Waals surface area contributed by atoms with Crippen molar-refractivity contribution in [1.82, 2.24) is 4.57 Å². The van der Waals surface area contributed by atoms with Crippen LogP contribution < -0.4 is 0 Å². The summed E-state index contributed by atoms with van der Waals surface area (Å²) in [7, 11) is 1.60. The average molecular weight is 468 g/mol. The molecule has 1 aliphatic rings. The first-order valence-electron chi connectivity index (χ1n) is 9.58. The van der Waals surface area contributed by atoms with E-state index in [0.717, 1.165) is 0 Å². The lowest BCUT2D eigenvalue weighted by atomic mass is 9.99. The van der Waals surface area contributed by atoms with Crippen molar-refractivity contribution in [1.29, 1.82) is 0 Å². The molecule has 0 amide bonds. The van der Waals surface area contributed by atoms with Gasteiger partial charge in [-0.25, -0.2) is 4.79 Å². The van der Waals surface area contributed by atoms with Gasteiger partial charge < -0.3 is 34.5 Å². The molecule has 2 heterocycles. The smallest absolute Gasteiger partial charge is 0.335 e. The Morgan fingerprint density at radius 1 is 1.09 bits per heavy atom. The third kappa shape index (κ3) is 4.69. The van der Waals surface area contributed by atoms with Crippen LogP contribution in [0, 0.1) is 6.92 Å². The third-order valence-corrected chi connectivity index (χ3v) is 5.48. The van der Waals surface area contributed by atoms with Gasteiger partial charge in [-0.1, -0.05) is 11.6 Å². The highest BCUT2D eigenvalue weighted by atomic mass is 35.5. The van der Waals surface area contributed by atoms with Crippen molar-refractivity contribution in [2.75, 3.05) is 0 Å². The van der Waals surface area contributed by atoms with E-state index in [1.165, 1.54) is 4.57 Å². The number of carboxylic acid groups (broad SMARTS) is 1. The van der Waals surface area contributed by atoms with Gasteiger partial charge in [-0.15, -0.1) is 0 Å². The fourth-order valence-corrected chi connectivity index (χ4v) is 3.66. The molecular formula is C21H22ClNO9. The second kappa shape index (κ2) is 9.39. The number of halogens is 1. The molecule has 1 fully saturated rings. The van der Waals surface area contributed by atoms with Crippen molar-refractivity contribution in [2.24, 2.45) is 7.05 Å². The number of carbonyl (C=O) groups is 3. The first kappa shape index (κ1) is 23.9. The van der Waals surface area contributed by atoms with Crippen LogP contribution in [-0.4, -0.2) is 73.4 Å². The van der Waals surface area contributed by atoms with Gasteiger partial charge in [0.05, 0.1) is 12.1 Å². The predicted molar refractivity (Wildman–Crippen MR) is 109 cm³/mol. The fraction of sp³-hybridized carbons (Fsp3) is 0.381. The van der Waals surface area contributed by atoms with Gasteiger partial charge in [0.15, 0.2) is 6.10 Å². The normalized spacial score (nSPS) is 25.4. The molecule has 172 valence electrons. The van der Waals surface area contributed by atoms with Gasteiger partial charge in [-0.3, -0.25) is 9.59 Å². The number of ether oxygens (including phenoxy) is 2. The highest BCUT2D eigenvalue weighted by Gasteiger charge is 2.48. The highest BCUT2D eigenvalue weighted by Crippen LogP contribution is 2.24. The molecule has 0 saturated carbocycles. The number of aliphatic hydroxyl groups is 3. The van der Waals surface area contributed by atoms with E-state index in [1.807, 2.05) is 0 Å². The van der Waals surface area contributed by atoms with Crippen LogP contribution in [0.5, 0.6) is 0 Å². The monoisotopic (exact) mass is 467 g/mol. The van der Waals surface area contributed by atoms with Crippen LogP contribution in [0.25, 0.3) is 0 Å². The lowest BCUT2D eigenvalue weighted by Crippen LogP contribution is -2.60. The van der Waals surface area contributed by atoms with Crippen LogP contribution >= 0.6 is 11.6 Å². The van der Waals surface area contributed by atoms with Crippen LogP contribution in [0.4, 0.5) is 0 Å². The van der Waals surface area contributed by atoms with Gasteiger partial charge in [0, 0.05) is 23.3 Å². The van der Waals surface area contributed by atoms with Crippen LogP contribution in [0.15, 0.2) is 30.3 Å². The number of aromatic nitrogens is 1. The number of ketones is 1. The van der Waals surface area contributed by atoms with Crippen LogP contribution in [-0.2, 0) is 32.5 Å². The molecule has 0 bridgehead atoms. The number of rotatable bonds is 6. The SMILES string of the molecule is Cc1cc(CC(=O)O[C@@H]2O[C@H](C(=O)O)[C@@H](O)[C@H](O)[C@@H]2O)n(C)c1C(=O)c1ccc(Cl)cc1. The van der Waals surface area contributed by atoms with Crippen molar-refractivity contribution in [2.45, 2.75) is 44.1 Å². The number of carbonyl (C=O) groups excluding carboxylic acids is 2. The first-order chi connectivity index (χ1) is 15.0. The number of esters is 1. The van der Waals surface area contributed by atoms with E-state index < -0.39 is 42.6 Å². The predicted octanol–water partition coefficient (Wildman–Crippen LogP) is 0.196. The quantitative estimate of drug-likeness (QED) is 0.344. The lowest BCUT2D eigenvalue weighted by Gasteiger charge is -2.37. The zero-order valence-corrected chi connectivity index (χ0v) is 17.9. The zero-order chi connectivity index (χ0) is 23.7. The third-order valence-electron chi connectivity index (χ3n) is 5.23. The molecule has 2 aromatic rings. The fourth-order valence-electron chi connectivity index (χ4n) is 3.53. The Balaban J connectivity index is 1.74. The van der Waals surface area contributed by atoms with Gasteiger partial charge in [0.25, 0.3) is 0 Å². The van der Waals surface area contributed by atoms with Crippen LogP contribution in [0.2, 0.25) is 5.02 Å². The number of aliphatic hydroxyl groups excluding tert-OH is 3. The molecular weight excluding hydrogens is 446 g/mol. The largest absolute Gasteiger partial charge is 0.479 e. The Labute approximate surface area is 187 Å². The average Bonchev–Trinajstić information content (AvgIpc) is 3.01. The van der Waals surface area contributed by atoms with Crippen molar-refractivity contribution in [3.63, 3.8) is 0 Å². The molecule has 4 N–H and O–H groups in total. The molecule has 1 aromatic carbocycles. The Bertz CT molecular complexity index is 1030. The summed E-state index contributed by atoms with van der Waals surface area (Å²) in [6, 6.07) is 7.99. The molecule has 3 rings (SSSR count). The molecule has 32 heavy (non-hydrogen) atoms. The van der Waals surface area contributed by atoms with Gasteiger partial charge >= 0.3 is 11.9 Å². The molecule has 5 atom stereocenters. The molecule has 10 nitrogen and oxygen atoms in total.